The summed E-state index contributed by atoms with van der Waals surface area (Å²) in [5.74, 6) is 1.82. The average molecular weight is 472 g/mol. The van der Waals surface area contributed by atoms with Crippen LogP contribution < -0.4 is 30.2 Å². The summed E-state index contributed by atoms with van der Waals surface area (Å²) in [6.45, 7) is 0.297. The molecule has 3 atom stereocenters. The molecular formula is C24H29N3O7. The van der Waals surface area contributed by atoms with Gasteiger partial charge in [-0.2, -0.15) is 0 Å². The van der Waals surface area contributed by atoms with Crippen LogP contribution in [0.3, 0.4) is 0 Å². The van der Waals surface area contributed by atoms with E-state index >= 15 is 0 Å². The van der Waals surface area contributed by atoms with Gasteiger partial charge in [-0.25, -0.2) is 4.79 Å². The Bertz CT molecular complexity index is 999. The van der Waals surface area contributed by atoms with E-state index < -0.39 is 12.1 Å². The van der Waals surface area contributed by atoms with Crippen LogP contribution in [0.5, 0.6) is 17.2 Å². The van der Waals surface area contributed by atoms with Crippen LogP contribution >= 0.6 is 0 Å². The number of urea groups is 1. The predicted molar refractivity (Wildman–Crippen MR) is 123 cm³/mol. The summed E-state index contributed by atoms with van der Waals surface area (Å²) in [6, 6.07) is 11.8. The lowest BCUT2D eigenvalue weighted by Gasteiger charge is -2.35. The standard InChI is InChI=1S/C24H29N3O7/c1-31-17-5-2-15(3-6-17)12-25-23(29)11-18-7-8-19(22(13-28)34-18)27-24(30)26-16-4-9-20-21(10-16)33-14-32-20/h2-6,9-10,18-19,22,28H,7-8,11-14H2,1H3,(H,25,29)(H2,26,27,30)/t18-,19+,22+/m0/s1. The van der Waals surface area contributed by atoms with E-state index in [0.29, 0.717) is 36.6 Å². The molecule has 0 aliphatic carbocycles. The van der Waals surface area contributed by atoms with Gasteiger partial charge in [0.25, 0.3) is 0 Å². The second kappa shape index (κ2) is 11.1. The molecule has 182 valence electrons. The first-order valence-electron chi connectivity index (χ1n) is 11.2. The Labute approximate surface area is 197 Å². The molecule has 2 aromatic rings. The summed E-state index contributed by atoms with van der Waals surface area (Å²) in [6.07, 6.45) is 0.416. The first-order chi connectivity index (χ1) is 16.5. The summed E-state index contributed by atoms with van der Waals surface area (Å²) in [5.41, 5.74) is 1.52. The van der Waals surface area contributed by atoms with Crippen molar-refractivity contribution in [2.75, 3.05) is 25.8 Å². The molecule has 1 saturated heterocycles. The maximum absolute atomic E-state index is 12.5. The number of carbonyl (C=O) groups excluding carboxylic acids is 2. The highest BCUT2D eigenvalue weighted by Crippen LogP contribution is 2.34. The highest BCUT2D eigenvalue weighted by molar-refractivity contribution is 5.90. The van der Waals surface area contributed by atoms with Gasteiger partial charge >= 0.3 is 6.03 Å². The number of anilines is 1. The second-order valence-corrected chi connectivity index (χ2v) is 8.16. The van der Waals surface area contributed by atoms with Crippen molar-refractivity contribution in [3.8, 4) is 17.2 Å². The van der Waals surface area contributed by atoms with Crippen LogP contribution in [-0.2, 0) is 16.1 Å². The van der Waals surface area contributed by atoms with Gasteiger partial charge < -0.3 is 40.0 Å². The SMILES string of the molecule is COc1ccc(CNC(=O)C[C@@H]2CC[C@@H](NC(=O)Nc3ccc4c(c3)OCO4)[C@@H](CO)O2)cc1. The molecular weight excluding hydrogens is 442 g/mol. The minimum absolute atomic E-state index is 0.135. The first kappa shape index (κ1) is 23.7. The Morgan fingerprint density at radius 1 is 1.09 bits per heavy atom. The average Bonchev–Trinajstić information content (AvgIpc) is 3.32. The molecule has 3 amide bonds. The number of benzene rings is 2. The van der Waals surface area contributed by atoms with E-state index in [-0.39, 0.29) is 37.9 Å². The number of ether oxygens (including phenoxy) is 4. The van der Waals surface area contributed by atoms with E-state index in [2.05, 4.69) is 16.0 Å². The Hall–Kier alpha value is -3.50. The number of hydrogen-bond acceptors (Lipinski definition) is 7. The Kier molecular flexibility index (Phi) is 7.71. The zero-order valence-corrected chi connectivity index (χ0v) is 18.9. The molecule has 34 heavy (non-hydrogen) atoms. The Morgan fingerprint density at radius 2 is 1.88 bits per heavy atom. The lowest BCUT2D eigenvalue weighted by Crippen LogP contribution is -2.52. The lowest BCUT2D eigenvalue weighted by molar-refractivity contribution is -0.130. The zero-order valence-electron chi connectivity index (χ0n) is 18.9. The number of hydrogen-bond donors (Lipinski definition) is 4. The number of carbonyl (C=O) groups is 2. The van der Waals surface area contributed by atoms with Gasteiger partial charge in [0.15, 0.2) is 11.5 Å². The van der Waals surface area contributed by atoms with Gasteiger partial charge in [0.2, 0.25) is 12.7 Å². The molecule has 2 aromatic carbocycles. The van der Waals surface area contributed by atoms with Crippen molar-refractivity contribution in [2.24, 2.45) is 0 Å². The molecule has 2 aliphatic heterocycles. The molecule has 0 bridgehead atoms. The van der Waals surface area contributed by atoms with Crippen molar-refractivity contribution in [1.29, 1.82) is 0 Å². The van der Waals surface area contributed by atoms with Crippen molar-refractivity contribution in [1.82, 2.24) is 10.6 Å². The maximum Gasteiger partial charge on any atom is 0.319 e. The van der Waals surface area contributed by atoms with E-state index in [1.165, 1.54) is 0 Å². The molecule has 0 spiro atoms. The van der Waals surface area contributed by atoms with Gasteiger partial charge in [-0.05, 0) is 42.7 Å². The number of rotatable bonds is 8. The predicted octanol–water partition coefficient (Wildman–Crippen LogP) is 2.16. The van der Waals surface area contributed by atoms with Gasteiger partial charge in [0.1, 0.15) is 11.9 Å². The minimum Gasteiger partial charge on any atom is -0.497 e. The molecule has 10 nitrogen and oxygen atoms in total. The van der Waals surface area contributed by atoms with Crippen LogP contribution in [0.25, 0.3) is 0 Å². The third kappa shape index (κ3) is 6.09. The molecule has 10 heteroatoms. The lowest BCUT2D eigenvalue weighted by atomic mass is 9.97. The van der Waals surface area contributed by atoms with Crippen molar-refractivity contribution in [2.45, 2.75) is 44.1 Å². The van der Waals surface area contributed by atoms with E-state index in [4.69, 9.17) is 18.9 Å². The number of amides is 3. The van der Waals surface area contributed by atoms with Crippen LogP contribution in [-0.4, -0.2) is 55.8 Å². The Morgan fingerprint density at radius 3 is 2.65 bits per heavy atom. The number of aliphatic hydroxyl groups excluding tert-OH is 1. The van der Waals surface area contributed by atoms with Crippen LogP contribution in [0.15, 0.2) is 42.5 Å². The fraction of sp³-hybridized carbons (Fsp3) is 0.417. The number of fused-ring (bicyclic) bond motifs is 1. The van der Waals surface area contributed by atoms with Crippen LogP contribution in [0.4, 0.5) is 10.5 Å². The largest absolute Gasteiger partial charge is 0.497 e. The van der Waals surface area contributed by atoms with Crippen LogP contribution in [0.2, 0.25) is 0 Å². The second-order valence-electron chi connectivity index (χ2n) is 8.16. The highest BCUT2D eigenvalue weighted by atomic mass is 16.7. The number of aliphatic hydroxyl groups is 1. The molecule has 2 aliphatic rings. The molecule has 2 heterocycles. The van der Waals surface area contributed by atoms with Crippen molar-refractivity contribution in [3.05, 3.63) is 48.0 Å². The maximum atomic E-state index is 12.5. The molecule has 1 fully saturated rings. The van der Waals surface area contributed by atoms with Gasteiger partial charge in [0.05, 0.1) is 32.3 Å². The third-order valence-electron chi connectivity index (χ3n) is 5.80. The molecule has 4 rings (SSSR count). The normalized spacial score (nSPS) is 20.9. The summed E-state index contributed by atoms with van der Waals surface area (Å²) in [7, 11) is 1.60. The molecule has 0 radical (unpaired) electrons. The van der Waals surface area contributed by atoms with Crippen molar-refractivity contribution in [3.63, 3.8) is 0 Å². The van der Waals surface area contributed by atoms with Crippen molar-refractivity contribution < 1.29 is 33.6 Å². The van der Waals surface area contributed by atoms with E-state index in [1.54, 1.807) is 25.3 Å². The third-order valence-corrected chi connectivity index (χ3v) is 5.80. The fourth-order valence-electron chi connectivity index (χ4n) is 3.98. The quantitative estimate of drug-likeness (QED) is 0.465. The minimum atomic E-state index is -0.601. The molecule has 0 unspecified atom stereocenters. The van der Waals surface area contributed by atoms with Gasteiger partial charge in [0, 0.05) is 18.3 Å². The number of methoxy groups -OCH3 is 1. The first-order valence-corrected chi connectivity index (χ1v) is 11.2. The van der Waals surface area contributed by atoms with Gasteiger partial charge in [-0.1, -0.05) is 12.1 Å². The summed E-state index contributed by atoms with van der Waals surface area (Å²) >= 11 is 0. The van der Waals surface area contributed by atoms with Crippen LogP contribution in [0, 0.1) is 0 Å². The zero-order chi connectivity index (χ0) is 23.9. The summed E-state index contributed by atoms with van der Waals surface area (Å²) in [5, 5.41) is 18.3. The van der Waals surface area contributed by atoms with Crippen molar-refractivity contribution >= 4 is 17.6 Å². The fourth-order valence-corrected chi connectivity index (χ4v) is 3.98. The van der Waals surface area contributed by atoms with E-state index in [9.17, 15) is 14.7 Å². The summed E-state index contributed by atoms with van der Waals surface area (Å²) < 4.78 is 21.6. The number of nitrogens with one attached hydrogen (secondary N) is 3. The van der Waals surface area contributed by atoms with Crippen LogP contribution in [0.1, 0.15) is 24.8 Å². The molecule has 4 N–H and O–H groups in total. The topological polar surface area (TPSA) is 127 Å². The molecule has 0 saturated carbocycles. The molecule has 0 aromatic heterocycles. The van der Waals surface area contributed by atoms with Gasteiger partial charge in [-0.15, -0.1) is 0 Å². The monoisotopic (exact) mass is 471 g/mol. The van der Waals surface area contributed by atoms with E-state index in [0.717, 1.165) is 11.3 Å². The summed E-state index contributed by atoms with van der Waals surface area (Å²) in [4.78, 5) is 24.8. The smallest absolute Gasteiger partial charge is 0.319 e. The van der Waals surface area contributed by atoms with Gasteiger partial charge in [-0.3, -0.25) is 4.79 Å². The Balaban J connectivity index is 1.22. The highest BCUT2D eigenvalue weighted by Gasteiger charge is 2.33. The van der Waals surface area contributed by atoms with E-state index in [1.807, 2.05) is 24.3 Å².